The van der Waals surface area contributed by atoms with Crippen molar-refractivity contribution in [1.82, 2.24) is 4.72 Å². The maximum atomic E-state index is 12.3. The van der Waals surface area contributed by atoms with Crippen LogP contribution in [0.4, 0.5) is 0 Å². The van der Waals surface area contributed by atoms with Crippen molar-refractivity contribution in [3.8, 4) is 0 Å². The number of fused-ring (bicyclic) bond motifs is 1. The van der Waals surface area contributed by atoms with Gasteiger partial charge in [0.2, 0.25) is 10.0 Å². The van der Waals surface area contributed by atoms with E-state index in [9.17, 15) is 13.2 Å². The van der Waals surface area contributed by atoms with Gasteiger partial charge in [0, 0.05) is 18.0 Å². The van der Waals surface area contributed by atoms with Crippen LogP contribution < -0.4 is 10.3 Å². The molecule has 0 amide bonds. The molecule has 118 valence electrons. The van der Waals surface area contributed by atoms with Gasteiger partial charge in [-0.1, -0.05) is 30.3 Å². The monoisotopic (exact) mass is 329 g/mol. The van der Waals surface area contributed by atoms with Gasteiger partial charge in [-0.15, -0.1) is 0 Å². The molecule has 0 aliphatic rings. The van der Waals surface area contributed by atoms with Crippen LogP contribution in [-0.2, 0) is 16.4 Å². The van der Waals surface area contributed by atoms with E-state index in [1.54, 1.807) is 6.07 Å². The van der Waals surface area contributed by atoms with E-state index in [1.165, 1.54) is 24.3 Å². The highest BCUT2D eigenvalue weighted by Gasteiger charge is 2.14. The molecule has 6 heteroatoms. The van der Waals surface area contributed by atoms with Gasteiger partial charge in [-0.25, -0.2) is 17.9 Å². The topological polar surface area (TPSA) is 76.4 Å². The summed E-state index contributed by atoms with van der Waals surface area (Å²) in [5, 5.41) is 0.565. The van der Waals surface area contributed by atoms with Gasteiger partial charge >= 0.3 is 5.63 Å². The average Bonchev–Trinajstić information content (AvgIpc) is 2.55. The molecule has 0 bridgehead atoms. The van der Waals surface area contributed by atoms with E-state index in [0.29, 0.717) is 23.9 Å². The summed E-state index contributed by atoms with van der Waals surface area (Å²) in [6, 6.07) is 16.9. The summed E-state index contributed by atoms with van der Waals surface area (Å²) in [6.45, 7) is 0.314. The Labute approximate surface area is 133 Å². The first kappa shape index (κ1) is 15.5. The molecule has 0 saturated carbocycles. The Morgan fingerprint density at radius 1 is 0.957 bits per heavy atom. The lowest BCUT2D eigenvalue weighted by Crippen LogP contribution is -2.26. The van der Waals surface area contributed by atoms with Crippen LogP contribution >= 0.6 is 0 Å². The first-order chi connectivity index (χ1) is 11.0. The minimum Gasteiger partial charge on any atom is -0.423 e. The van der Waals surface area contributed by atoms with Gasteiger partial charge in [0.15, 0.2) is 0 Å². The zero-order valence-electron chi connectivity index (χ0n) is 12.2. The maximum absolute atomic E-state index is 12.3. The highest BCUT2D eigenvalue weighted by molar-refractivity contribution is 7.89. The summed E-state index contributed by atoms with van der Waals surface area (Å²) in [6.07, 6.45) is 0.614. The van der Waals surface area contributed by atoms with Gasteiger partial charge in [-0.2, -0.15) is 0 Å². The summed E-state index contributed by atoms with van der Waals surface area (Å²) in [7, 11) is -3.60. The van der Waals surface area contributed by atoms with Crippen LogP contribution in [-0.4, -0.2) is 15.0 Å². The van der Waals surface area contributed by atoms with Crippen molar-refractivity contribution in [1.29, 1.82) is 0 Å². The molecule has 1 N–H and O–H groups in total. The maximum Gasteiger partial charge on any atom is 0.336 e. The molecule has 1 aromatic heterocycles. The summed E-state index contributed by atoms with van der Waals surface area (Å²) in [4.78, 5) is 11.3. The summed E-state index contributed by atoms with van der Waals surface area (Å²) < 4.78 is 32.2. The van der Waals surface area contributed by atoms with E-state index in [2.05, 4.69) is 4.72 Å². The molecule has 0 unspecified atom stereocenters. The molecule has 0 saturated heterocycles. The third-order valence-electron chi connectivity index (χ3n) is 3.45. The molecule has 0 spiro atoms. The van der Waals surface area contributed by atoms with E-state index in [0.717, 1.165) is 5.56 Å². The Kier molecular flexibility index (Phi) is 4.27. The fraction of sp³-hybridized carbons (Fsp3) is 0.118. The normalized spacial score (nSPS) is 11.7. The molecule has 0 aliphatic carbocycles. The smallest absolute Gasteiger partial charge is 0.336 e. The lowest BCUT2D eigenvalue weighted by atomic mass is 10.2. The summed E-state index contributed by atoms with van der Waals surface area (Å²) >= 11 is 0. The Morgan fingerprint density at radius 2 is 1.74 bits per heavy atom. The second-order valence-corrected chi connectivity index (χ2v) is 6.85. The van der Waals surface area contributed by atoms with Gasteiger partial charge in [0.25, 0.3) is 0 Å². The van der Waals surface area contributed by atoms with Crippen molar-refractivity contribution in [3.05, 3.63) is 76.6 Å². The largest absolute Gasteiger partial charge is 0.423 e. The SMILES string of the molecule is O=c1ccc2cc(S(=O)(=O)NCCc3ccccc3)ccc2o1. The minimum absolute atomic E-state index is 0.145. The average molecular weight is 329 g/mol. The van der Waals surface area contributed by atoms with Crippen molar-refractivity contribution >= 4 is 21.0 Å². The number of benzene rings is 2. The van der Waals surface area contributed by atoms with Gasteiger partial charge in [0.05, 0.1) is 4.90 Å². The first-order valence-electron chi connectivity index (χ1n) is 7.12. The van der Waals surface area contributed by atoms with Crippen LogP contribution in [0, 0.1) is 0 Å². The van der Waals surface area contributed by atoms with E-state index in [4.69, 9.17) is 4.42 Å². The van der Waals surface area contributed by atoms with Gasteiger partial charge in [-0.05, 0) is 36.2 Å². The Morgan fingerprint density at radius 3 is 2.52 bits per heavy atom. The molecule has 2 aromatic carbocycles. The molecule has 0 radical (unpaired) electrons. The van der Waals surface area contributed by atoms with Crippen molar-refractivity contribution in [2.75, 3.05) is 6.54 Å². The van der Waals surface area contributed by atoms with Crippen molar-refractivity contribution in [3.63, 3.8) is 0 Å². The Balaban J connectivity index is 1.76. The summed E-state index contributed by atoms with van der Waals surface area (Å²) in [5.74, 6) is 0. The van der Waals surface area contributed by atoms with Gasteiger partial charge in [0.1, 0.15) is 5.58 Å². The number of hydrogen-bond donors (Lipinski definition) is 1. The molecule has 0 fully saturated rings. The Bertz CT molecular complexity index is 978. The number of nitrogens with one attached hydrogen (secondary N) is 1. The second kappa shape index (κ2) is 6.36. The van der Waals surface area contributed by atoms with Crippen molar-refractivity contribution in [2.45, 2.75) is 11.3 Å². The Hall–Kier alpha value is -2.44. The number of hydrogen-bond acceptors (Lipinski definition) is 4. The molecular formula is C17H15NO4S. The molecule has 0 aliphatic heterocycles. The highest BCUT2D eigenvalue weighted by atomic mass is 32.2. The molecule has 23 heavy (non-hydrogen) atoms. The molecule has 1 heterocycles. The van der Waals surface area contributed by atoms with E-state index in [1.807, 2.05) is 30.3 Å². The van der Waals surface area contributed by atoms with Gasteiger partial charge < -0.3 is 4.42 Å². The van der Waals surface area contributed by atoms with E-state index < -0.39 is 15.6 Å². The van der Waals surface area contributed by atoms with Crippen LogP contribution in [0.1, 0.15) is 5.56 Å². The lowest BCUT2D eigenvalue weighted by Gasteiger charge is -2.07. The standard InChI is InChI=1S/C17H15NO4S/c19-17-9-6-14-12-15(7-8-16(14)22-17)23(20,21)18-11-10-13-4-2-1-3-5-13/h1-9,12,18H,10-11H2. The highest BCUT2D eigenvalue weighted by Crippen LogP contribution is 2.17. The lowest BCUT2D eigenvalue weighted by molar-refractivity contribution is 0.560. The second-order valence-electron chi connectivity index (χ2n) is 5.09. The van der Waals surface area contributed by atoms with E-state index in [-0.39, 0.29) is 4.90 Å². The third-order valence-corrected chi connectivity index (χ3v) is 4.91. The third kappa shape index (κ3) is 3.67. The molecule has 3 aromatic rings. The van der Waals surface area contributed by atoms with Gasteiger partial charge in [-0.3, -0.25) is 0 Å². The van der Waals surface area contributed by atoms with Crippen LogP contribution in [0.15, 0.2) is 74.8 Å². The molecular weight excluding hydrogens is 314 g/mol. The van der Waals surface area contributed by atoms with Crippen LogP contribution in [0.5, 0.6) is 0 Å². The minimum atomic E-state index is -3.60. The molecule has 3 rings (SSSR count). The van der Waals surface area contributed by atoms with Crippen LogP contribution in [0.25, 0.3) is 11.0 Å². The number of sulfonamides is 1. The predicted molar refractivity (Wildman–Crippen MR) is 87.8 cm³/mol. The van der Waals surface area contributed by atoms with Crippen LogP contribution in [0.3, 0.4) is 0 Å². The molecule has 5 nitrogen and oxygen atoms in total. The first-order valence-corrected chi connectivity index (χ1v) is 8.60. The number of rotatable bonds is 5. The fourth-order valence-electron chi connectivity index (χ4n) is 2.27. The van der Waals surface area contributed by atoms with Crippen molar-refractivity contribution in [2.24, 2.45) is 0 Å². The zero-order chi connectivity index (χ0) is 16.3. The predicted octanol–water partition coefficient (Wildman–Crippen LogP) is 2.31. The quantitative estimate of drug-likeness (QED) is 0.729. The van der Waals surface area contributed by atoms with Crippen molar-refractivity contribution < 1.29 is 12.8 Å². The van der Waals surface area contributed by atoms with Crippen LogP contribution in [0.2, 0.25) is 0 Å². The zero-order valence-corrected chi connectivity index (χ0v) is 13.0. The molecule has 0 atom stereocenters. The summed E-state index contributed by atoms with van der Waals surface area (Å²) in [5.41, 5.74) is 0.963. The van der Waals surface area contributed by atoms with E-state index >= 15 is 0 Å². The fourth-order valence-corrected chi connectivity index (χ4v) is 3.34.